The monoisotopic (exact) mass is 363 g/mol. The highest BCUT2D eigenvalue weighted by atomic mass is 15.3. The van der Waals surface area contributed by atoms with Crippen molar-refractivity contribution in [3.8, 4) is 33.6 Å². The van der Waals surface area contributed by atoms with Crippen molar-refractivity contribution >= 4 is 6.21 Å². The number of pyridine rings is 1. The minimum atomic E-state index is 0.885. The molecule has 0 amide bonds. The molecule has 0 saturated carbocycles. The van der Waals surface area contributed by atoms with Gasteiger partial charge in [0.25, 0.3) is 0 Å². The number of hydrogen-bond donors (Lipinski definition) is 0. The summed E-state index contributed by atoms with van der Waals surface area (Å²) in [6.07, 6.45) is 2.84. The highest BCUT2D eigenvalue weighted by Crippen LogP contribution is 2.29. The van der Waals surface area contributed by atoms with Crippen molar-refractivity contribution in [1.29, 1.82) is 0 Å². The minimum absolute atomic E-state index is 0.885. The largest absolute Gasteiger partial charge is 0.246 e. The lowest BCUT2D eigenvalue weighted by atomic mass is 10.00. The minimum Gasteiger partial charge on any atom is -0.0622 e. The third kappa shape index (κ3) is 3.77. The topological polar surface area (TPSA) is 16.2 Å². The van der Waals surface area contributed by atoms with E-state index in [1.54, 1.807) is 0 Å². The van der Waals surface area contributed by atoms with Crippen LogP contribution in [0.25, 0.3) is 33.6 Å². The number of hydrogen-bond acceptors (Lipinski definition) is 1. The SMILES string of the molecule is CC/C=N\[n+]1c(-c2ccccc2)cc(-c2ccccc2)cc1-c1ccccc1. The summed E-state index contributed by atoms with van der Waals surface area (Å²) < 4.78 is 2.06. The molecule has 136 valence electrons. The summed E-state index contributed by atoms with van der Waals surface area (Å²) >= 11 is 0. The molecule has 0 saturated heterocycles. The maximum Gasteiger partial charge on any atom is 0.246 e. The first-order valence-corrected chi connectivity index (χ1v) is 9.66. The Bertz CT molecular complexity index is 1010. The van der Waals surface area contributed by atoms with E-state index in [0.717, 1.165) is 28.9 Å². The van der Waals surface area contributed by atoms with Crippen molar-refractivity contribution in [3.63, 3.8) is 0 Å². The lowest BCUT2D eigenvalue weighted by Crippen LogP contribution is -2.34. The Kier molecular flexibility index (Phi) is 5.39. The second kappa shape index (κ2) is 8.45. The van der Waals surface area contributed by atoms with Crippen LogP contribution in [0.15, 0.2) is 108 Å². The van der Waals surface area contributed by atoms with E-state index in [-0.39, 0.29) is 0 Å². The van der Waals surface area contributed by atoms with Gasteiger partial charge in [-0.1, -0.05) is 73.7 Å². The van der Waals surface area contributed by atoms with Crippen LogP contribution in [-0.2, 0) is 0 Å². The van der Waals surface area contributed by atoms with Crippen LogP contribution in [0.1, 0.15) is 13.3 Å². The van der Waals surface area contributed by atoms with Crippen LogP contribution < -0.4 is 4.68 Å². The molecule has 0 spiro atoms. The highest BCUT2D eigenvalue weighted by molar-refractivity contribution is 5.73. The second-order valence-corrected chi connectivity index (χ2v) is 6.63. The molecular weight excluding hydrogens is 340 g/mol. The van der Waals surface area contributed by atoms with Crippen LogP contribution >= 0.6 is 0 Å². The fourth-order valence-electron chi connectivity index (χ4n) is 3.30. The third-order valence-corrected chi connectivity index (χ3v) is 4.67. The maximum atomic E-state index is 4.80. The lowest BCUT2D eigenvalue weighted by Gasteiger charge is -2.08. The van der Waals surface area contributed by atoms with Crippen LogP contribution in [0.3, 0.4) is 0 Å². The molecule has 0 fully saturated rings. The zero-order valence-electron chi connectivity index (χ0n) is 16.0. The summed E-state index contributed by atoms with van der Waals surface area (Å²) in [7, 11) is 0. The van der Waals surface area contributed by atoms with E-state index >= 15 is 0 Å². The van der Waals surface area contributed by atoms with E-state index in [2.05, 4.69) is 96.5 Å². The molecule has 4 aromatic rings. The van der Waals surface area contributed by atoms with Gasteiger partial charge in [0, 0.05) is 23.3 Å². The average Bonchev–Trinajstić information content (AvgIpc) is 2.79. The first-order valence-electron chi connectivity index (χ1n) is 9.66. The van der Waals surface area contributed by atoms with Gasteiger partial charge in [-0.3, -0.25) is 0 Å². The summed E-state index contributed by atoms with van der Waals surface area (Å²) in [6, 6.07) is 35.9. The Morgan fingerprint density at radius 3 is 1.46 bits per heavy atom. The Morgan fingerprint density at radius 1 is 0.607 bits per heavy atom. The molecule has 0 aliphatic heterocycles. The number of nitrogens with zero attached hydrogens (tertiary/aromatic N) is 2. The first-order chi connectivity index (χ1) is 13.9. The van der Waals surface area contributed by atoms with Crippen LogP contribution in [0, 0.1) is 0 Å². The molecular formula is C26H23N2+. The van der Waals surface area contributed by atoms with Crippen LogP contribution in [0.4, 0.5) is 0 Å². The van der Waals surface area contributed by atoms with Crippen LogP contribution in [0.5, 0.6) is 0 Å². The van der Waals surface area contributed by atoms with Gasteiger partial charge in [0.2, 0.25) is 11.4 Å². The zero-order valence-corrected chi connectivity index (χ0v) is 16.0. The Hall–Kier alpha value is -3.52. The van der Waals surface area contributed by atoms with Crippen molar-refractivity contribution in [2.45, 2.75) is 13.3 Å². The second-order valence-electron chi connectivity index (χ2n) is 6.63. The van der Waals surface area contributed by atoms with Crippen LogP contribution in [0.2, 0.25) is 0 Å². The van der Waals surface area contributed by atoms with Gasteiger partial charge >= 0.3 is 0 Å². The predicted octanol–water partition coefficient (Wildman–Crippen LogP) is 6.22. The Labute approximate surface area is 166 Å². The van der Waals surface area contributed by atoms with Crippen molar-refractivity contribution in [2.24, 2.45) is 5.10 Å². The number of benzene rings is 3. The summed E-state index contributed by atoms with van der Waals surface area (Å²) in [5.41, 5.74) is 6.82. The van der Waals surface area contributed by atoms with Crippen molar-refractivity contribution in [2.75, 3.05) is 0 Å². The smallest absolute Gasteiger partial charge is 0.0622 e. The summed E-state index contributed by atoms with van der Waals surface area (Å²) in [6.45, 7) is 2.10. The van der Waals surface area contributed by atoms with E-state index in [1.807, 2.05) is 24.4 Å². The van der Waals surface area contributed by atoms with Crippen molar-refractivity contribution in [1.82, 2.24) is 0 Å². The van der Waals surface area contributed by atoms with Gasteiger partial charge in [-0.2, -0.15) is 0 Å². The molecule has 0 aliphatic carbocycles. The van der Waals surface area contributed by atoms with Gasteiger partial charge in [0.05, 0.1) is 6.21 Å². The Morgan fingerprint density at radius 2 is 1.04 bits per heavy atom. The fraction of sp³-hybridized carbons (Fsp3) is 0.0769. The molecule has 0 radical (unpaired) electrons. The predicted molar refractivity (Wildman–Crippen MR) is 117 cm³/mol. The molecule has 2 heteroatoms. The molecule has 0 N–H and O–H groups in total. The molecule has 28 heavy (non-hydrogen) atoms. The third-order valence-electron chi connectivity index (χ3n) is 4.67. The van der Waals surface area contributed by atoms with E-state index in [4.69, 9.17) is 5.10 Å². The fourth-order valence-corrected chi connectivity index (χ4v) is 3.30. The standard InChI is InChI=1S/C26H23N2/c1-2-18-27-28-25(22-14-8-4-9-15-22)19-24(21-12-6-3-7-13-21)20-26(28)23-16-10-5-11-17-23/h3-20H,2H2,1H3/q+1/b27-18-. The molecule has 4 rings (SSSR count). The van der Waals surface area contributed by atoms with E-state index in [0.29, 0.717) is 0 Å². The van der Waals surface area contributed by atoms with Gasteiger partial charge in [0.15, 0.2) is 0 Å². The summed E-state index contributed by atoms with van der Waals surface area (Å²) in [5.74, 6) is 0. The molecule has 1 heterocycles. The molecule has 0 atom stereocenters. The lowest BCUT2D eigenvalue weighted by molar-refractivity contribution is -0.656. The quantitative estimate of drug-likeness (QED) is 0.296. The number of rotatable bonds is 5. The molecule has 1 aromatic heterocycles. The molecule has 2 nitrogen and oxygen atoms in total. The molecule has 0 bridgehead atoms. The van der Waals surface area contributed by atoms with Gasteiger partial charge in [-0.05, 0) is 51.6 Å². The highest BCUT2D eigenvalue weighted by Gasteiger charge is 2.22. The van der Waals surface area contributed by atoms with Crippen molar-refractivity contribution < 1.29 is 4.68 Å². The normalized spacial score (nSPS) is 11.0. The van der Waals surface area contributed by atoms with Gasteiger partial charge in [-0.15, -0.1) is 0 Å². The zero-order chi connectivity index (χ0) is 19.2. The van der Waals surface area contributed by atoms with E-state index < -0.39 is 0 Å². The Balaban J connectivity index is 2.03. The van der Waals surface area contributed by atoms with E-state index in [9.17, 15) is 0 Å². The van der Waals surface area contributed by atoms with Crippen LogP contribution in [-0.4, -0.2) is 6.21 Å². The van der Waals surface area contributed by atoms with Crippen molar-refractivity contribution in [3.05, 3.63) is 103 Å². The first kappa shape index (κ1) is 17.9. The molecule has 0 unspecified atom stereocenters. The molecule has 3 aromatic carbocycles. The van der Waals surface area contributed by atoms with Gasteiger partial charge in [-0.25, -0.2) is 0 Å². The average molecular weight is 363 g/mol. The summed E-state index contributed by atoms with van der Waals surface area (Å²) in [5, 5.41) is 4.80. The molecule has 0 aliphatic rings. The maximum absolute atomic E-state index is 4.80. The summed E-state index contributed by atoms with van der Waals surface area (Å²) in [4.78, 5) is 0. The number of aromatic nitrogens is 1. The van der Waals surface area contributed by atoms with E-state index in [1.165, 1.54) is 11.1 Å². The van der Waals surface area contributed by atoms with Gasteiger partial charge in [0.1, 0.15) is 0 Å². The van der Waals surface area contributed by atoms with Gasteiger partial charge < -0.3 is 0 Å².